The Morgan fingerprint density at radius 1 is 1.08 bits per heavy atom. The molecule has 1 rings (SSSR count). The Bertz CT molecular complexity index is 250. The fraction of sp³-hybridized carbons (Fsp3) is 0.222. The highest BCUT2D eigenvalue weighted by Crippen LogP contribution is 2.22. The van der Waals surface area contributed by atoms with Gasteiger partial charge in [0.2, 0.25) is 0 Å². The van der Waals surface area contributed by atoms with E-state index in [-0.39, 0.29) is 0 Å². The molecule has 1 aromatic rings. The van der Waals surface area contributed by atoms with Gasteiger partial charge >= 0.3 is 0 Å². The fourth-order valence-corrected chi connectivity index (χ4v) is 1.93. The van der Waals surface area contributed by atoms with Crippen LogP contribution >= 0.6 is 23.5 Å². The Labute approximate surface area is 81.9 Å². The molecule has 0 bridgehead atoms. The molecule has 0 saturated heterocycles. The normalized spacial score (nSPS) is 9.50. The van der Waals surface area contributed by atoms with Gasteiger partial charge in [0.15, 0.2) is 18.6 Å². The molecule has 0 spiro atoms. The Morgan fingerprint density at radius 3 is 2.17 bits per heavy atom. The summed E-state index contributed by atoms with van der Waals surface area (Å²) in [5.74, 6) is 0. The van der Waals surface area contributed by atoms with Crippen LogP contribution in [-0.2, 0) is 0 Å². The van der Waals surface area contributed by atoms with E-state index in [1.54, 1.807) is 23.5 Å². The smallest absolute Gasteiger partial charge is 0.172 e. The van der Waals surface area contributed by atoms with E-state index < -0.39 is 0 Å². The molecule has 0 saturated carbocycles. The third-order valence-corrected chi connectivity index (χ3v) is 3.41. The maximum Gasteiger partial charge on any atom is 0.194 e. The van der Waals surface area contributed by atoms with Gasteiger partial charge in [-0.15, -0.1) is 23.5 Å². The first-order valence-corrected chi connectivity index (χ1v) is 6.07. The number of thioether (sulfide) groups is 2. The summed E-state index contributed by atoms with van der Waals surface area (Å²) in [5.41, 5.74) is 0. The van der Waals surface area contributed by atoms with Crippen LogP contribution in [0.4, 0.5) is 0 Å². The molecule has 0 N–H and O–H groups in total. The molecule has 0 fully saturated rings. The molecule has 0 unspecified atom stereocenters. The maximum atomic E-state index is 2.12. The highest BCUT2D eigenvalue weighted by molar-refractivity contribution is 8.21. The Morgan fingerprint density at radius 2 is 1.67 bits per heavy atom. The van der Waals surface area contributed by atoms with Gasteiger partial charge in [-0.25, -0.2) is 0 Å². The SMILES string of the molecule is CSC(=C[n+]1ccccc1)SC. The summed E-state index contributed by atoms with van der Waals surface area (Å²) < 4.78 is 3.37. The summed E-state index contributed by atoms with van der Waals surface area (Å²) in [6, 6.07) is 6.06. The van der Waals surface area contributed by atoms with Crippen molar-refractivity contribution in [3.63, 3.8) is 0 Å². The van der Waals surface area contributed by atoms with E-state index in [4.69, 9.17) is 0 Å². The van der Waals surface area contributed by atoms with Crippen molar-refractivity contribution in [2.45, 2.75) is 0 Å². The van der Waals surface area contributed by atoms with Crippen molar-refractivity contribution in [3.05, 3.63) is 34.8 Å². The molecule has 0 aliphatic heterocycles. The Kier molecular flexibility index (Phi) is 4.25. The monoisotopic (exact) mass is 198 g/mol. The van der Waals surface area contributed by atoms with E-state index in [1.165, 1.54) is 4.24 Å². The van der Waals surface area contributed by atoms with Crippen LogP contribution in [0.2, 0.25) is 0 Å². The minimum atomic E-state index is 1.31. The Balaban J connectivity index is 2.79. The molecule has 64 valence electrons. The fourth-order valence-electron chi connectivity index (χ4n) is 0.809. The Hall–Kier alpha value is -0.410. The lowest BCUT2D eigenvalue weighted by molar-refractivity contribution is -0.568. The molecule has 1 nitrogen and oxygen atoms in total. The minimum absolute atomic E-state index is 1.31. The van der Waals surface area contributed by atoms with Crippen molar-refractivity contribution in [1.29, 1.82) is 0 Å². The lowest BCUT2D eigenvalue weighted by Gasteiger charge is -1.93. The van der Waals surface area contributed by atoms with Gasteiger partial charge in [-0.2, -0.15) is 4.57 Å². The van der Waals surface area contributed by atoms with Crippen molar-refractivity contribution in [3.8, 4) is 0 Å². The molecule has 0 amide bonds. The summed E-state index contributed by atoms with van der Waals surface area (Å²) in [7, 11) is 0. The maximum absolute atomic E-state index is 2.12. The summed E-state index contributed by atoms with van der Waals surface area (Å²) in [5, 5.41) is 0. The second-order valence-corrected chi connectivity index (χ2v) is 4.13. The second kappa shape index (κ2) is 5.27. The highest BCUT2D eigenvalue weighted by Gasteiger charge is 1.97. The molecule has 1 aromatic heterocycles. The van der Waals surface area contributed by atoms with Crippen LogP contribution in [0, 0.1) is 0 Å². The molecule has 0 radical (unpaired) electrons. The molecular formula is C9H12NS2+. The predicted molar refractivity (Wildman–Crippen MR) is 57.9 cm³/mol. The molecule has 3 heteroatoms. The quantitative estimate of drug-likeness (QED) is 0.687. The van der Waals surface area contributed by atoms with Crippen molar-refractivity contribution in [2.24, 2.45) is 0 Å². The third kappa shape index (κ3) is 2.91. The number of hydrogen-bond donors (Lipinski definition) is 0. The zero-order valence-electron chi connectivity index (χ0n) is 7.23. The molecule has 0 aliphatic rings. The lowest BCUT2D eigenvalue weighted by Crippen LogP contribution is -2.23. The van der Waals surface area contributed by atoms with Crippen LogP contribution in [0.15, 0.2) is 34.8 Å². The summed E-state index contributed by atoms with van der Waals surface area (Å²) >= 11 is 3.54. The van der Waals surface area contributed by atoms with Gasteiger partial charge in [0.1, 0.15) is 4.24 Å². The molecule has 0 atom stereocenters. The summed E-state index contributed by atoms with van der Waals surface area (Å²) in [6.07, 6.45) is 10.4. The zero-order chi connectivity index (χ0) is 8.81. The molecule has 0 aromatic carbocycles. The van der Waals surface area contributed by atoms with Crippen LogP contribution in [0.1, 0.15) is 0 Å². The second-order valence-electron chi connectivity index (χ2n) is 2.18. The van der Waals surface area contributed by atoms with Gasteiger partial charge in [0.05, 0.1) is 0 Å². The zero-order valence-corrected chi connectivity index (χ0v) is 8.86. The largest absolute Gasteiger partial charge is 0.194 e. The van der Waals surface area contributed by atoms with Gasteiger partial charge in [-0.1, -0.05) is 6.07 Å². The van der Waals surface area contributed by atoms with Gasteiger partial charge in [-0.3, -0.25) is 0 Å². The van der Waals surface area contributed by atoms with Crippen LogP contribution in [-0.4, -0.2) is 12.5 Å². The van der Waals surface area contributed by atoms with Crippen molar-refractivity contribution < 1.29 is 4.57 Å². The van der Waals surface area contributed by atoms with Gasteiger partial charge < -0.3 is 0 Å². The third-order valence-electron chi connectivity index (χ3n) is 1.40. The van der Waals surface area contributed by atoms with E-state index in [2.05, 4.69) is 23.3 Å². The van der Waals surface area contributed by atoms with Crippen LogP contribution in [0.25, 0.3) is 6.20 Å². The molecule has 0 aliphatic carbocycles. The summed E-state index contributed by atoms with van der Waals surface area (Å²) in [6.45, 7) is 0. The first-order chi connectivity index (χ1) is 5.86. The first-order valence-electron chi connectivity index (χ1n) is 3.62. The molecule has 1 heterocycles. The van der Waals surface area contributed by atoms with Crippen LogP contribution < -0.4 is 4.57 Å². The average molecular weight is 198 g/mol. The van der Waals surface area contributed by atoms with Gasteiger partial charge in [0.25, 0.3) is 0 Å². The van der Waals surface area contributed by atoms with E-state index in [1.807, 2.05) is 30.6 Å². The average Bonchev–Trinajstić information content (AvgIpc) is 2.16. The number of hydrogen-bond acceptors (Lipinski definition) is 2. The topological polar surface area (TPSA) is 3.88 Å². The predicted octanol–water partition coefficient (Wildman–Crippen LogP) is 2.46. The van der Waals surface area contributed by atoms with E-state index >= 15 is 0 Å². The summed E-state index contributed by atoms with van der Waals surface area (Å²) in [4.78, 5) is 0. The van der Waals surface area contributed by atoms with Gasteiger partial charge in [0, 0.05) is 12.1 Å². The van der Waals surface area contributed by atoms with E-state index in [0.29, 0.717) is 0 Å². The first kappa shape index (κ1) is 9.68. The van der Waals surface area contributed by atoms with Crippen molar-refractivity contribution in [1.82, 2.24) is 0 Å². The number of aromatic nitrogens is 1. The lowest BCUT2D eigenvalue weighted by atomic mass is 10.5. The van der Waals surface area contributed by atoms with Crippen LogP contribution in [0.3, 0.4) is 0 Å². The van der Waals surface area contributed by atoms with E-state index in [0.717, 1.165) is 0 Å². The van der Waals surface area contributed by atoms with Crippen molar-refractivity contribution >= 4 is 29.7 Å². The molecular weight excluding hydrogens is 186 g/mol. The van der Waals surface area contributed by atoms with E-state index in [9.17, 15) is 0 Å². The minimum Gasteiger partial charge on any atom is -0.172 e. The number of pyridine rings is 1. The standard InChI is InChI=1S/C9H12NS2/c1-11-9(12-2)8-10-6-4-3-5-7-10/h3-8H,1-2H3/q+1. The number of nitrogens with zero attached hydrogens (tertiary/aromatic N) is 1. The molecule has 12 heavy (non-hydrogen) atoms. The van der Waals surface area contributed by atoms with Crippen molar-refractivity contribution in [2.75, 3.05) is 12.5 Å². The van der Waals surface area contributed by atoms with Gasteiger partial charge in [-0.05, 0) is 12.5 Å². The number of rotatable bonds is 3. The van der Waals surface area contributed by atoms with Crippen LogP contribution in [0.5, 0.6) is 0 Å². The highest BCUT2D eigenvalue weighted by atomic mass is 32.2.